The van der Waals surface area contributed by atoms with Crippen LogP contribution in [0.4, 0.5) is 5.69 Å². The molecule has 0 saturated heterocycles. The van der Waals surface area contributed by atoms with E-state index >= 15 is 0 Å². The summed E-state index contributed by atoms with van der Waals surface area (Å²) >= 11 is 0. The summed E-state index contributed by atoms with van der Waals surface area (Å²) in [6.07, 6.45) is 5.98. The molecule has 29 heavy (non-hydrogen) atoms. The lowest BCUT2D eigenvalue weighted by atomic mass is 9.71. The van der Waals surface area contributed by atoms with E-state index < -0.39 is 5.60 Å². The Kier molecular flexibility index (Phi) is 4.05. The Morgan fingerprint density at radius 3 is 2.83 bits per heavy atom. The first-order chi connectivity index (χ1) is 14.2. The lowest BCUT2D eigenvalue weighted by Crippen LogP contribution is -2.42. The van der Waals surface area contributed by atoms with E-state index in [0.717, 1.165) is 34.8 Å². The van der Waals surface area contributed by atoms with Gasteiger partial charge in [-0.2, -0.15) is 0 Å². The minimum atomic E-state index is -0.938. The van der Waals surface area contributed by atoms with Gasteiger partial charge in [0, 0.05) is 42.0 Å². The Hall–Kier alpha value is -3.34. The zero-order valence-corrected chi connectivity index (χ0v) is 16.4. The van der Waals surface area contributed by atoms with Crippen LogP contribution in [0.15, 0.2) is 71.4 Å². The van der Waals surface area contributed by atoms with Crippen molar-refractivity contribution in [3.63, 3.8) is 0 Å². The quantitative estimate of drug-likeness (QED) is 0.792. The van der Waals surface area contributed by atoms with Crippen LogP contribution in [0, 0.1) is 5.92 Å². The molecule has 1 aliphatic carbocycles. The van der Waals surface area contributed by atoms with E-state index in [4.69, 9.17) is 9.47 Å². The third-order valence-corrected chi connectivity index (χ3v) is 5.63. The van der Waals surface area contributed by atoms with Crippen LogP contribution < -0.4 is 10.1 Å². The number of esters is 1. The monoisotopic (exact) mass is 386 g/mol. The molecule has 1 spiro atoms. The fourth-order valence-electron chi connectivity index (χ4n) is 4.48. The fraction of sp³-hybridized carbons (Fsp3) is 0.250. The summed E-state index contributed by atoms with van der Waals surface area (Å²) in [5.74, 6) is 0.889. The second kappa shape index (κ2) is 6.62. The number of carbonyl (C=O) groups is 1. The van der Waals surface area contributed by atoms with Crippen molar-refractivity contribution in [2.24, 2.45) is 10.9 Å². The molecule has 0 radical (unpaired) electrons. The molecule has 5 rings (SSSR count). The maximum absolute atomic E-state index is 12.8. The molecule has 2 aromatic carbocycles. The Labute approximate surface area is 169 Å². The molecule has 0 aromatic heterocycles. The number of aliphatic imine (C=N–C) groups is 1. The first-order valence-electron chi connectivity index (χ1n) is 10.0. The molecular weight excluding hydrogens is 364 g/mol. The normalized spacial score (nSPS) is 25.0. The second-order valence-corrected chi connectivity index (χ2v) is 7.30. The molecule has 2 aliphatic heterocycles. The van der Waals surface area contributed by atoms with Crippen LogP contribution in [0.5, 0.6) is 5.75 Å². The van der Waals surface area contributed by atoms with E-state index in [0.29, 0.717) is 17.9 Å². The largest absolute Gasteiger partial charge is 0.460 e. The van der Waals surface area contributed by atoms with Gasteiger partial charge >= 0.3 is 5.97 Å². The van der Waals surface area contributed by atoms with Crippen molar-refractivity contribution in [2.75, 3.05) is 18.4 Å². The standard InChI is InChI=1S/C24H22N2O3/c1-3-25-15-9-11-19-21(13-15)28-22-14-16(26-4-2)10-12-20(22)24(19)18-8-6-5-7-17(18)23(27)29-24/h5-14,19,26H,3-4H2,1-2H3. The van der Waals surface area contributed by atoms with Crippen molar-refractivity contribution < 1.29 is 14.3 Å². The van der Waals surface area contributed by atoms with Crippen LogP contribution in [0.2, 0.25) is 0 Å². The SMILES string of the molecule is CCN=C1C=CC2C(=C1)Oc1cc(NCC)ccc1C21OC(=O)c2ccccc21. The Balaban J connectivity index is 1.76. The van der Waals surface area contributed by atoms with Crippen LogP contribution in [0.25, 0.3) is 0 Å². The van der Waals surface area contributed by atoms with Crippen LogP contribution in [0.1, 0.15) is 35.3 Å². The summed E-state index contributed by atoms with van der Waals surface area (Å²) in [7, 11) is 0. The highest BCUT2D eigenvalue weighted by Gasteiger charge is 2.57. The number of hydrogen-bond acceptors (Lipinski definition) is 5. The molecule has 5 nitrogen and oxygen atoms in total. The summed E-state index contributed by atoms with van der Waals surface area (Å²) in [6, 6.07) is 13.6. The van der Waals surface area contributed by atoms with Gasteiger partial charge in [0.25, 0.3) is 0 Å². The number of fused-ring (bicyclic) bond motifs is 6. The Morgan fingerprint density at radius 1 is 1.14 bits per heavy atom. The minimum absolute atomic E-state index is 0.247. The van der Waals surface area contributed by atoms with E-state index in [1.54, 1.807) is 0 Å². The highest BCUT2D eigenvalue weighted by atomic mass is 16.6. The molecule has 2 unspecified atom stereocenters. The summed E-state index contributed by atoms with van der Waals surface area (Å²) in [4.78, 5) is 17.3. The number of benzene rings is 2. The second-order valence-electron chi connectivity index (χ2n) is 7.30. The molecule has 2 atom stereocenters. The van der Waals surface area contributed by atoms with E-state index in [1.807, 2.05) is 67.6 Å². The maximum atomic E-state index is 12.8. The average Bonchev–Trinajstić information content (AvgIpc) is 3.02. The number of nitrogens with one attached hydrogen (secondary N) is 1. The van der Waals surface area contributed by atoms with Gasteiger partial charge in [0.1, 0.15) is 11.5 Å². The fourth-order valence-corrected chi connectivity index (χ4v) is 4.48. The number of anilines is 1. The highest BCUT2D eigenvalue weighted by molar-refractivity contribution is 6.05. The van der Waals surface area contributed by atoms with Gasteiger partial charge in [-0.1, -0.05) is 24.3 Å². The third kappa shape index (κ3) is 2.54. The molecule has 2 heterocycles. The first kappa shape index (κ1) is 17.7. The van der Waals surface area contributed by atoms with Gasteiger partial charge in [0.2, 0.25) is 0 Å². The van der Waals surface area contributed by atoms with Crippen molar-refractivity contribution in [3.05, 3.63) is 83.1 Å². The van der Waals surface area contributed by atoms with Gasteiger partial charge < -0.3 is 14.8 Å². The minimum Gasteiger partial charge on any atom is -0.460 e. The maximum Gasteiger partial charge on any atom is 0.339 e. The number of nitrogens with zero attached hydrogens (tertiary/aromatic N) is 1. The lowest BCUT2D eigenvalue weighted by Gasteiger charge is -2.42. The van der Waals surface area contributed by atoms with E-state index in [1.165, 1.54) is 0 Å². The average molecular weight is 386 g/mol. The zero-order chi connectivity index (χ0) is 20.0. The molecule has 0 saturated carbocycles. The van der Waals surface area contributed by atoms with E-state index in [2.05, 4.69) is 17.2 Å². The van der Waals surface area contributed by atoms with Gasteiger partial charge in [0.15, 0.2) is 5.60 Å². The summed E-state index contributed by atoms with van der Waals surface area (Å²) in [5, 5.41) is 3.32. The number of allylic oxidation sites excluding steroid dienone is 2. The van der Waals surface area contributed by atoms with Crippen molar-refractivity contribution in [3.8, 4) is 5.75 Å². The van der Waals surface area contributed by atoms with Gasteiger partial charge in [-0.15, -0.1) is 0 Å². The topological polar surface area (TPSA) is 59.9 Å². The van der Waals surface area contributed by atoms with Crippen molar-refractivity contribution in [2.45, 2.75) is 19.4 Å². The molecule has 3 aliphatic rings. The molecule has 0 bridgehead atoms. The zero-order valence-electron chi connectivity index (χ0n) is 16.4. The van der Waals surface area contributed by atoms with Crippen LogP contribution >= 0.6 is 0 Å². The first-order valence-corrected chi connectivity index (χ1v) is 10.0. The summed E-state index contributed by atoms with van der Waals surface area (Å²) < 4.78 is 12.5. The predicted octanol–water partition coefficient (Wildman–Crippen LogP) is 4.46. The van der Waals surface area contributed by atoms with Gasteiger partial charge in [-0.25, -0.2) is 4.79 Å². The highest BCUT2D eigenvalue weighted by Crippen LogP contribution is 2.56. The van der Waals surface area contributed by atoms with Crippen LogP contribution in [-0.2, 0) is 10.3 Å². The predicted molar refractivity (Wildman–Crippen MR) is 113 cm³/mol. The van der Waals surface area contributed by atoms with Crippen LogP contribution in [-0.4, -0.2) is 24.8 Å². The number of carbonyl (C=O) groups excluding carboxylic acids is 1. The van der Waals surface area contributed by atoms with Gasteiger partial charge in [-0.05, 0) is 38.1 Å². The molecule has 146 valence electrons. The number of ether oxygens (including phenoxy) is 2. The van der Waals surface area contributed by atoms with Gasteiger partial charge in [-0.3, -0.25) is 4.99 Å². The van der Waals surface area contributed by atoms with Crippen molar-refractivity contribution >= 4 is 17.4 Å². The molecular formula is C24H22N2O3. The lowest BCUT2D eigenvalue weighted by molar-refractivity contribution is -0.0142. The molecule has 5 heteroatoms. The van der Waals surface area contributed by atoms with E-state index in [9.17, 15) is 4.79 Å². The number of rotatable bonds is 3. The molecule has 0 amide bonds. The van der Waals surface area contributed by atoms with Crippen molar-refractivity contribution in [1.82, 2.24) is 0 Å². The third-order valence-electron chi connectivity index (χ3n) is 5.63. The van der Waals surface area contributed by atoms with Crippen LogP contribution in [0.3, 0.4) is 0 Å². The smallest absolute Gasteiger partial charge is 0.339 e. The van der Waals surface area contributed by atoms with Crippen molar-refractivity contribution in [1.29, 1.82) is 0 Å². The Bertz CT molecular complexity index is 1100. The number of hydrogen-bond donors (Lipinski definition) is 1. The Morgan fingerprint density at radius 2 is 2.00 bits per heavy atom. The van der Waals surface area contributed by atoms with Gasteiger partial charge in [0.05, 0.1) is 17.2 Å². The molecule has 2 aromatic rings. The molecule has 1 N–H and O–H groups in total. The summed E-state index contributed by atoms with van der Waals surface area (Å²) in [6.45, 7) is 5.55. The van der Waals surface area contributed by atoms with E-state index in [-0.39, 0.29) is 11.9 Å². The summed E-state index contributed by atoms with van der Waals surface area (Å²) in [5.41, 5.74) is 3.23. The molecule has 0 fully saturated rings.